The standard InChI is InChI=1S/C11H13N3S/c1-3-8-10(4-2)15-11(14-8)9-7-12-5-6-13-9/h5-7H,3-4H2,1-2H3. The van der Waals surface area contributed by atoms with Crippen molar-refractivity contribution in [3.8, 4) is 10.7 Å². The Morgan fingerprint density at radius 2 is 2.07 bits per heavy atom. The van der Waals surface area contributed by atoms with E-state index in [0.29, 0.717) is 0 Å². The van der Waals surface area contributed by atoms with Crippen molar-refractivity contribution in [1.82, 2.24) is 15.0 Å². The normalized spacial score (nSPS) is 10.5. The van der Waals surface area contributed by atoms with Crippen molar-refractivity contribution in [1.29, 1.82) is 0 Å². The fourth-order valence-corrected chi connectivity index (χ4v) is 2.51. The minimum absolute atomic E-state index is 0.872. The van der Waals surface area contributed by atoms with Gasteiger partial charge in [0.05, 0.1) is 11.9 Å². The Hall–Kier alpha value is -1.29. The number of thiazole rings is 1. The molecule has 0 saturated heterocycles. The van der Waals surface area contributed by atoms with Gasteiger partial charge in [0.1, 0.15) is 10.7 Å². The van der Waals surface area contributed by atoms with Crippen LogP contribution in [0.2, 0.25) is 0 Å². The van der Waals surface area contributed by atoms with Gasteiger partial charge < -0.3 is 0 Å². The van der Waals surface area contributed by atoms with Crippen molar-refractivity contribution in [2.24, 2.45) is 0 Å². The second kappa shape index (κ2) is 4.49. The number of hydrogen-bond acceptors (Lipinski definition) is 4. The lowest BCUT2D eigenvalue weighted by atomic mass is 10.2. The Bertz CT molecular complexity index is 415. The molecule has 2 heterocycles. The van der Waals surface area contributed by atoms with Crippen LogP contribution in [0.1, 0.15) is 24.4 Å². The molecular formula is C11H13N3S. The molecule has 0 aromatic carbocycles. The maximum Gasteiger partial charge on any atom is 0.143 e. The third-order valence-electron chi connectivity index (χ3n) is 2.22. The lowest BCUT2D eigenvalue weighted by molar-refractivity contribution is 1.01. The average Bonchev–Trinajstić information content (AvgIpc) is 2.73. The summed E-state index contributed by atoms with van der Waals surface area (Å²) in [5, 5.41) is 0.983. The van der Waals surface area contributed by atoms with Gasteiger partial charge in [0.15, 0.2) is 0 Å². The molecule has 2 aromatic heterocycles. The molecule has 4 heteroatoms. The van der Waals surface area contributed by atoms with Crippen LogP contribution < -0.4 is 0 Å². The van der Waals surface area contributed by atoms with Crippen LogP contribution in [0.3, 0.4) is 0 Å². The molecular weight excluding hydrogens is 206 g/mol. The van der Waals surface area contributed by atoms with Crippen LogP contribution in [-0.2, 0) is 12.8 Å². The third-order valence-corrected chi connectivity index (χ3v) is 3.48. The van der Waals surface area contributed by atoms with E-state index in [4.69, 9.17) is 0 Å². The molecule has 0 saturated carbocycles. The van der Waals surface area contributed by atoms with Gasteiger partial charge in [-0.05, 0) is 12.8 Å². The molecule has 15 heavy (non-hydrogen) atoms. The molecule has 0 spiro atoms. The SMILES string of the molecule is CCc1nc(-c2cnccn2)sc1CC. The summed E-state index contributed by atoms with van der Waals surface area (Å²) in [6.07, 6.45) is 7.17. The quantitative estimate of drug-likeness (QED) is 0.796. The first kappa shape index (κ1) is 10.2. The van der Waals surface area contributed by atoms with Crippen molar-refractivity contribution in [3.63, 3.8) is 0 Å². The Labute approximate surface area is 93.2 Å². The zero-order valence-electron chi connectivity index (χ0n) is 8.90. The predicted molar refractivity (Wildman–Crippen MR) is 61.9 cm³/mol. The summed E-state index contributed by atoms with van der Waals surface area (Å²) in [4.78, 5) is 14.3. The van der Waals surface area contributed by atoms with Crippen LogP contribution in [-0.4, -0.2) is 15.0 Å². The smallest absolute Gasteiger partial charge is 0.143 e. The Morgan fingerprint density at radius 1 is 1.20 bits per heavy atom. The monoisotopic (exact) mass is 219 g/mol. The van der Waals surface area contributed by atoms with Gasteiger partial charge in [-0.25, -0.2) is 4.98 Å². The molecule has 0 aliphatic heterocycles. The van der Waals surface area contributed by atoms with Crippen molar-refractivity contribution in [3.05, 3.63) is 29.2 Å². The van der Waals surface area contributed by atoms with E-state index in [0.717, 1.165) is 23.5 Å². The highest BCUT2D eigenvalue weighted by Crippen LogP contribution is 2.26. The van der Waals surface area contributed by atoms with E-state index in [-0.39, 0.29) is 0 Å². The van der Waals surface area contributed by atoms with Gasteiger partial charge in [0, 0.05) is 17.3 Å². The van der Waals surface area contributed by atoms with Gasteiger partial charge in [0.25, 0.3) is 0 Å². The molecule has 0 fully saturated rings. The summed E-state index contributed by atoms with van der Waals surface area (Å²) in [5.41, 5.74) is 2.07. The summed E-state index contributed by atoms with van der Waals surface area (Å²) in [7, 11) is 0. The van der Waals surface area contributed by atoms with Crippen LogP contribution in [0.25, 0.3) is 10.7 Å². The lowest BCUT2D eigenvalue weighted by Gasteiger charge is -1.91. The van der Waals surface area contributed by atoms with Crippen LogP contribution >= 0.6 is 11.3 Å². The van der Waals surface area contributed by atoms with Crippen LogP contribution in [0.15, 0.2) is 18.6 Å². The number of rotatable bonds is 3. The molecule has 2 aromatic rings. The van der Waals surface area contributed by atoms with E-state index in [1.165, 1.54) is 10.6 Å². The Kier molecular flexibility index (Phi) is 3.06. The molecule has 0 unspecified atom stereocenters. The van der Waals surface area contributed by atoms with E-state index in [9.17, 15) is 0 Å². The van der Waals surface area contributed by atoms with Gasteiger partial charge in [-0.15, -0.1) is 11.3 Å². The first-order valence-electron chi connectivity index (χ1n) is 5.10. The molecule has 0 bridgehead atoms. The third kappa shape index (κ3) is 2.04. The fourth-order valence-electron chi connectivity index (χ4n) is 1.45. The average molecular weight is 219 g/mol. The molecule has 0 amide bonds. The maximum atomic E-state index is 4.59. The van der Waals surface area contributed by atoms with Gasteiger partial charge in [-0.3, -0.25) is 9.97 Å². The van der Waals surface area contributed by atoms with Gasteiger partial charge in [-0.1, -0.05) is 13.8 Å². The summed E-state index contributed by atoms with van der Waals surface area (Å²) >= 11 is 1.72. The molecule has 0 radical (unpaired) electrons. The highest BCUT2D eigenvalue weighted by Gasteiger charge is 2.10. The minimum atomic E-state index is 0.872. The molecule has 0 N–H and O–H groups in total. The van der Waals surface area contributed by atoms with E-state index < -0.39 is 0 Å². The molecule has 0 atom stereocenters. The Morgan fingerprint density at radius 3 is 2.60 bits per heavy atom. The van der Waals surface area contributed by atoms with Crippen molar-refractivity contribution >= 4 is 11.3 Å². The number of aromatic nitrogens is 3. The van der Waals surface area contributed by atoms with E-state index in [2.05, 4.69) is 28.8 Å². The van der Waals surface area contributed by atoms with Crippen LogP contribution in [0.4, 0.5) is 0 Å². The van der Waals surface area contributed by atoms with Crippen molar-refractivity contribution in [2.45, 2.75) is 26.7 Å². The molecule has 3 nitrogen and oxygen atoms in total. The first-order valence-corrected chi connectivity index (χ1v) is 5.91. The number of aryl methyl sites for hydroxylation is 2. The number of nitrogens with zero attached hydrogens (tertiary/aromatic N) is 3. The second-order valence-corrected chi connectivity index (χ2v) is 4.27. The summed E-state index contributed by atoms with van der Waals surface area (Å²) < 4.78 is 0. The van der Waals surface area contributed by atoms with Gasteiger partial charge in [-0.2, -0.15) is 0 Å². The van der Waals surface area contributed by atoms with Gasteiger partial charge >= 0.3 is 0 Å². The predicted octanol–water partition coefficient (Wildman–Crippen LogP) is 2.72. The van der Waals surface area contributed by atoms with E-state index in [1.807, 2.05) is 0 Å². The molecule has 78 valence electrons. The summed E-state index contributed by atoms with van der Waals surface area (Å²) in [6.45, 7) is 4.29. The lowest BCUT2D eigenvalue weighted by Crippen LogP contribution is -1.86. The highest BCUT2D eigenvalue weighted by molar-refractivity contribution is 7.15. The van der Waals surface area contributed by atoms with Crippen LogP contribution in [0, 0.1) is 0 Å². The summed E-state index contributed by atoms with van der Waals surface area (Å²) in [6, 6.07) is 0. The first-order chi connectivity index (χ1) is 7.35. The van der Waals surface area contributed by atoms with Gasteiger partial charge in [0.2, 0.25) is 0 Å². The minimum Gasteiger partial charge on any atom is -0.261 e. The zero-order chi connectivity index (χ0) is 10.7. The molecule has 0 aliphatic rings. The Balaban J connectivity index is 2.42. The largest absolute Gasteiger partial charge is 0.261 e. The van der Waals surface area contributed by atoms with E-state index >= 15 is 0 Å². The molecule has 0 aliphatic carbocycles. The fraction of sp³-hybridized carbons (Fsp3) is 0.364. The molecule has 2 rings (SSSR count). The summed E-state index contributed by atoms with van der Waals surface area (Å²) in [5.74, 6) is 0. The second-order valence-electron chi connectivity index (χ2n) is 3.19. The van der Waals surface area contributed by atoms with Crippen molar-refractivity contribution in [2.75, 3.05) is 0 Å². The topological polar surface area (TPSA) is 38.7 Å². The highest BCUT2D eigenvalue weighted by atomic mass is 32.1. The zero-order valence-corrected chi connectivity index (χ0v) is 9.71. The van der Waals surface area contributed by atoms with E-state index in [1.54, 1.807) is 29.9 Å². The van der Waals surface area contributed by atoms with Crippen molar-refractivity contribution < 1.29 is 0 Å². The number of hydrogen-bond donors (Lipinski definition) is 0. The van der Waals surface area contributed by atoms with Crippen LogP contribution in [0.5, 0.6) is 0 Å². The maximum absolute atomic E-state index is 4.59.